The Balaban J connectivity index is 1.32. The van der Waals surface area contributed by atoms with Crippen LogP contribution < -0.4 is 10.1 Å². The van der Waals surface area contributed by atoms with Crippen LogP contribution in [0.1, 0.15) is 49.7 Å². The third kappa shape index (κ3) is 5.92. The van der Waals surface area contributed by atoms with Crippen molar-refractivity contribution in [2.75, 3.05) is 20.2 Å². The van der Waals surface area contributed by atoms with Crippen molar-refractivity contribution in [1.29, 1.82) is 0 Å². The molecule has 2 aromatic rings. The Morgan fingerprint density at radius 1 is 1.18 bits per heavy atom. The molecule has 0 spiro atoms. The van der Waals surface area contributed by atoms with Gasteiger partial charge < -0.3 is 15.0 Å². The fourth-order valence-electron chi connectivity index (χ4n) is 5.18. The Bertz CT molecular complexity index is 973. The summed E-state index contributed by atoms with van der Waals surface area (Å²) < 4.78 is 19.7. The van der Waals surface area contributed by atoms with Crippen LogP contribution >= 0.6 is 0 Å². The number of carbonyl (C=O) groups is 2. The third-order valence-corrected chi connectivity index (χ3v) is 7.18. The fourth-order valence-corrected chi connectivity index (χ4v) is 5.18. The molecule has 0 radical (unpaired) electrons. The van der Waals surface area contributed by atoms with E-state index in [1.54, 1.807) is 12.1 Å². The molecule has 4 rings (SSSR count). The molecule has 33 heavy (non-hydrogen) atoms. The minimum Gasteiger partial charge on any atom is -0.497 e. The number of benzene rings is 2. The zero-order valence-electron chi connectivity index (χ0n) is 19.3. The summed E-state index contributed by atoms with van der Waals surface area (Å²) in [6, 6.07) is 15.3. The molecule has 2 amide bonds. The first-order valence-electron chi connectivity index (χ1n) is 11.9. The molecular weight excluding hydrogens is 419 g/mol. The van der Waals surface area contributed by atoms with Crippen molar-refractivity contribution >= 4 is 11.8 Å². The van der Waals surface area contributed by atoms with Crippen molar-refractivity contribution in [2.45, 2.75) is 56.9 Å². The first-order valence-corrected chi connectivity index (χ1v) is 11.9. The SMILES string of the molecule is COc1ccc(C[C@@]2(CCC(=O)N3CCC(Cc4ccccc4)CC3)CCC(=O)N2)c(F)c1. The van der Waals surface area contributed by atoms with Crippen LogP contribution in [-0.2, 0) is 22.4 Å². The Labute approximate surface area is 195 Å². The molecule has 0 unspecified atom stereocenters. The molecule has 176 valence electrons. The number of halogens is 1. The van der Waals surface area contributed by atoms with E-state index < -0.39 is 5.54 Å². The average molecular weight is 453 g/mol. The van der Waals surface area contributed by atoms with Crippen molar-refractivity contribution in [2.24, 2.45) is 5.92 Å². The number of nitrogens with zero attached hydrogens (tertiary/aromatic N) is 1. The number of piperidine rings is 1. The van der Waals surface area contributed by atoms with Crippen LogP contribution in [0.3, 0.4) is 0 Å². The lowest BCUT2D eigenvalue weighted by molar-refractivity contribution is -0.133. The molecule has 6 heteroatoms. The van der Waals surface area contributed by atoms with E-state index in [9.17, 15) is 14.0 Å². The number of amides is 2. The van der Waals surface area contributed by atoms with Crippen LogP contribution in [0.4, 0.5) is 4.39 Å². The summed E-state index contributed by atoms with van der Waals surface area (Å²) in [5.41, 5.74) is 1.31. The Kier molecular flexibility index (Phi) is 7.31. The van der Waals surface area contributed by atoms with Gasteiger partial charge in [-0.3, -0.25) is 9.59 Å². The Morgan fingerprint density at radius 2 is 1.94 bits per heavy atom. The highest BCUT2D eigenvalue weighted by molar-refractivity contribution is 5.80. The molecule has 5 nitrogen and oxygen atoms in total. The molecule has 2 saturated heterocycles. The summed E-state index contributed by atoms with van der Waals surface area (Å²) in [4.78, 5) is 27.0. The second-order valence-electron chi connectivity index (χ2n) is 9.48. The average Bonchev–Trinajstić information content (AvgIpc) is 3.20. The van der Waals surface area contributed by atoms with Gasteiger partial charge in [0.05, 0.1) is 7.11 Å². The third-order valence-electron chi connectivity index (χ3n) is 7.18. The number of likely N-dealkylation sites (tertiary alicyclic amines) is 1. The summed E-state index contributed by atoms with van der Waals surface area (Å²) in [6.45, 7) is 1.56. The Morgan fingerprint density at radius 3 is 2.58 bits per heavy atom. The highest BCUT2D eigenvalue weighted by Gasteiger charge is 2.39. The van der Waals surface area contributed by atoms with Gasteiger partial charge in [-0.05, 0) is 61.6 Å². The number of methoxy groups -OCH3 is 1. The maximum absolute atomic E-state index is 14.6. The molecule has 0 bridgehead atoms. The van der Waals surface area contributed by atoms with Gasteiger partial charge in [-0.2, -0.15) is 0 Å². The Hall–Kier alpha value is -2.89. The van der Waals surface area contributed by atoms with E-state index in [4.69, 9.17) is 4.74 Å². The lowest BCUT2D eigenvalue weighted by Crippen LogP contribution is -2.45. The minimum atomic E-state index is -0.576. The molecule has 2 heterocycles. The van der Waals surface area contributed by atoms with E-state index in [2.05, 4.69) is 29.6 Å². The second-order valence-corrected chi connectivity index (χ2v) is 9.48. The van der Waals surface area contributed by atoms with E-state index in [0.29, 0.717) is 49.3 Å². The normalized spacial score (nSPS) is 21.2. The van der Waals surface area contributed by atoms with E-state index in [0.717, 1.165) is 32.4 Å². The van der Waals surface area contributed by atoms with Gasteiger partial charge in [0.15, 0.2) is 0 Å². The molecule has 0 saturated carbocycles. The molecule has 2 fully saturated rings. The molecular formula is C27H33FN2O3. The van der Waals surface area contributed by atoms with Crippen molar-refractivity contribution in [3.8, 4) is 5.75 Å². The molecule has 2 aliphatic heterocycles. The summed E-state index contributed by atoms with van der Waals surface area (Å²) in [5.74, 6) is 0.824. The summed E-state index contributed by atoms with van der Waals surface area (Å²) in [6.07, 6.45) is 5.38. The van der Waals surface area contributed by atoms with Crippen LogP contribution in [0.15, 0.2) is 48.5 Å². The predicted molar refractivity (Wildman–Crippen MR) is 125 cm³/mol. The topological polar surface area (TPSA) is 58.6 Å². The van der Waals surface area contributed by atoms with Crippen LogP contribution in [0.25, 0.3) is 0 Å². The molecule has 2 aliphatic rings. The largest absolute Gasteiger partial charge is 0.497 e. The smallest absolute Gasteiger partial charge is 0.222 e. The molecule has 1 atom stereocenters. The lowest BCUT2D eigenvalue weighted by atomic mass is 9.84. The molecule has 0 aromatic heterocycles. The van der Waals surface area contributed by atoms with Gasteiger partial charge in [0.1, 0.15) is 11.6 Å². The van der Waals surface area contributed by atoms with E-state index >= 15 is 0 Å². The quantitative estimate of drug-likeness (QED) is 0.650. The van der Waals surface area contributed by atoms with Crippen molar-refractivity contribution in [1.82, 2.24) is 10.2 Å². The number of hydrogen-bond acceptors (Lipinski definition) is 3. The first-order chi connectivity index (χ1) is 16.0. The van der Waals surface area contributed by atoms with Gasteiger partial charge >= 0.3 is 0 Å². The zero-order valence-corrected chi connectivity index (χ0v) is 19.3. The summed E-state index contributed by atoms with van der Waals surface area (Å²) in [5, 5.41) is 3.06. The summed E-state index contributed by atoms with van der Waals surface area (Å²) in [7, 11) is 1.50. The highest BCUT2D eigenvalue weighted by atomic mass is 19.1. The van der Waals surface area contributed by atoms with Crippen LogP contribution in [0.5, 0.6) is 5.75 Å². The van der Waals surface area contributed by atoms with Crippen LogP contribution in [-0.4, -0.2) is 42.5 Å². The minimum absolute atomic E-state index is 0.0295. The zero-order chi connectivity index (χ0) is 23.3. The molecule has 2 aromatic carbocycles. The van der Waals surface area contributed by atoms with Crippen LogP contribution in [0, 0.1) is 11.7 Å². The lowest BCUT2D eigenvalue weighted by Gasteiger charge is -2.34. The van der Waals surface area contributed by atoms with E-state index in [1.165, 1.54) is 18.7 Å². The fraction of sp³-hybridized carbons (Fsp3) is 0.481. The second kappa shape index (κ2) is 10.4. The van der Waals surface area contributed by atoms with Crippen molar-refractivity contribution in [3.05, 3.63) is 65.5 Å². The van der Waals surface area contributed by atoms with E-state index in [1.807, 2.05) is 11.0 Å². The predicted octanol–water partition coefficient (Wildman–Crippen LogP) is 4.29. The molecule has 0 aliphatic carbocycles. The number of rotatable bonds is 8. The molecule has 1 N–H and O–H groups in total. The van der Waals surface area contributed by atoms with Gasteiger partial charge in [-0.25, -0.2) is 4.39 Å². The number of ether oxygens (including phenoxy) is 1. The standard InChI is InChI=1S/C27H33FN2O3/c1-33-23-8-7-22(24(28)18-23)19-27(13-9-25(31)29-27)14-10-26(32)30-15-11-21(12-16-30)17-20-5-3-2-4-6-20/h2-8,18,21H,9-17,19H2,1H3,(H,29,31)/t27-/m0/s1. The number of carbonyl (C=O) groups excluding carboxylic acids is 2. The number of hydrogen-bond donors (Lipinski definition) is 1. The monoisotopic (exact) mass is 452 g/mol. The number of nitrogens with one attached hydrogen (secondary N) is 1. The highest BCUT2D eigenvalue weighted by Crippen LogP contribution is 2.32. The van der Waals surface area contributed by atoms with Crippen molar-refractivity contribution < 1.29 is 18.7 Å². The maximum Gasteiger partial charge on any atom is 0.222 e. The van der Waals surface area contributed by atoms with Gasteiger partial charge in [0.25, 0.3) is 0 Å². The van der Waals surface area contributed by atoms with E-state index in [-0.39, 0.29) is 17.6 Å². The van der Waals surface area contributed by atoms with Gasteiger partial charge in [0.2, 0.25) is 11.8 Å². The van der Waals surface area contributed by atoms with Gasteiger partial charge in [0, 0.05) is 37.5 Å². The maximum atomic E-state index is 14.6. The van der Waals surface area contributed by atoms with Gasteiger partial charge in [-0.1, -0.05) is 36.4 Å². The first kappa shape index (κ1) is 23.3. The van der Waals surface area contributed by atoms with Crippen molar-refractivity contribution in [3.63, 3.8) is 0 Å². The summed E-state index contributed by atoms with van der Waals surface area (Å²) >= 11 is 0. The van der Waals surface area contributed by atoms with Gasteiger partial charge in [-0.15, -0.1) is 0 Å². The van der Waals surface area contributed by atoms with Crippen LogP contribution in [0.2, 0.25) is 0 Å².